The molecular formula is C17H15ClN4O2. The lowest BCUT2D eigenvalue weighted by Gasteiger charge is -2.06. The van der Waals surface area contributed by atoms with E-state index in [0.717, 1.165) is 5.56 Å². The summed E-state index contributed by atoms with van der Waals surface area (Å²) < 4.78 is 5.18. The average Bonchev–Trinajstić information content (AvgIpc) is 3.07. The minimum Gasteiger partial charge on any atom is -0.339 e. The number of nitrogens with one attached hydrogen (secondary N) is 2. The third kappa shape index (κ3) is 4.33. The van der Waals surface area contributed by atoms with Crippen LogP contribution in [-0.4, -0.2) is 22.7 Å². The predicted molar refractivity (Wildman–Crippen MR) is 91.9 cm³/mol. The van der Waals surface area contributed by atoms with E-state index in [1.165, 1.54) is 0 Å². The monoisotopic (exact) mass is 342 g/mol. The summed E-state index contributed by atoms with van der Waals surface area (Å²) in [5.41, 5.74) is 1.56. The number of hydrogen-bond acceptors (Lipinski definition) is 4. The second-order valence-corrected chi connectivity index (χ2v) is 5.45. The molecule has 2 amide bonds. The maximum absolute atomic E-state index is 11.8. The van der Waals surface area contributed by atoms with Crippen molar-refractivity contribution in [3.05, 3.63) is 65.5 Å². The lowest BCUT2D eigenvalue weighted by molar-refractivity contribution is 0.252. The second kappa shape index (κ2) is 7.61. The smallest absolute Gasteiger partial charge is 0.319 e. The van der Waals surface area contributed by atoms with Gasteiger partial charge < -0.3 is 15.2 Å². The Kier molecular flexibility index (Phi) is 5.08. The van der Waals surface area contributed by atoms with Crippen LogP contribution in [0, 0.1) is 0 Å². The van der Waals surface area contributed by atoms with Crippen molar-refractivity contribution in [2.45, 2.75) is 6.42 Å². The minimum absolute atomic E-state index is 0.305. The van der Waals surface area contributed by atoms with E-state index in [-0.39, 0.29) is 6.03 Å². The fourth-order valence-electron chi connectivity index (χ4n) is 2.05. The molecule has 0 aliphatic rings. The fourth-order valence-corrected chi connectivity index (χ4v) is 2.18. The fraction of sp³-hybridized carbons (Fsp3) is 0.118. The van der Waals surface area contributed by atoms with Gasteiger partial charge in [0.1, 0.15) is 0 Å². The summed E-state index contributed by atoms with van der Waals surface area (Å²) in [6.45, 7) is 0.385. The van der Waals surface area contributed by atoms with Crippen LogP contribution in [0.5, 0.6) is 0 Å². The summed E-state index contributed by atoms with van der Waals surface area (Å²) in [4.78, 5) is 16.1. The van der Waals surface area contributed by atoms with Crippen LogP contribution in [0.1, 0.15) is 5.89 Å². The Hall–Kier alpha value is -2.86. The van der Waals surface area contributed by atoms with Crippen LogP contribution in [0.15, 0.2) is 59.1 Å². The van der Waals surface area contributed by atoms with Crippen molar-refractivity contribution in [2.75, 3.05) is 11.9 Å². The molecule has 0 radical (unpaired) electrons. The van der Waals surface area contributed by atoms with Gasteiger partial charge in [-0.3, -0.25) is 0 Å². The van der Waals surface area contributed by atoms with E-state index in [0.29, 0.717) is 35.4 Å². The molecule has 0 aliphatic carbocycles. The van der Waals surface area contributed by atoms with Crippen LogP contribution < -0.4 is 10.6 Å². The van der Waals surface area contributed by atoms with Gasteiger partial charge in [0.05, 0.1) is 0 Å². The molecule has 122 valence electrons. The minimum atomic E-state index is -0.305. The van der Waals surface area contributed by atoms with Gasteiger partial charge in [-0.05, 0) is 24.3 Å². The summed E-state index contributed by atoms with van der Waals surface area (Å²) in [7, 11) is 0. The number of amides is 2. The summed E-state index contributed by atoms with van der Waals surface area (Å²) in [6.07, 6.45) is 0.452. The van der Waals surface area contributed by atoms with E-state index >= 15 is 0 Å². The van der Waals surface area contributed by atoms with Gasteiger partial charge in [-0.15, -0.1) is 0 Å². The lowest BCUT2D eigenvalue weighted by atomic mass is 10.2. The van der Waals surface area contributed by atoms with Crippen molar-refractivity contribution in [1.82, 2.24) is 15.5 Å². The van der Waals surface area contributed by atoms with Crippen molar-refractivity contribution >= 4 is 23.3 Å². The van der Waals surface area contributed by atoms with Gasteiger partial charge in [-0.1, -0.05) is 47.1 Å². The number of halogens is 1. The molecule has 0 saturated heterocycles. The molecule has 2 N–H and O–H groups in total. The van der Waals surface area contributed by atoms with Gasteiger partial charge >= 0.3 is 6.03 Å². The Morgan fingerprint density at radius 3 is 2.58 bits per heavy atom. The van der Waals surface area contributed by atoms with Gasteiger partial charge in [-0.2, -0.15) is 4.98 Å². The number of hydrogen-bond donors (Lipinski definition) is 2. The zero-order chi connectivity index (χ0) is 16.8. The van der Waals surface area contributed by atoms with Crippen LogP contribution in [0.3, 0.4) is 0 Å². The Balaban J connectivity index is 1.47. The number of carbonyl (C=O) groups is 1. The zero-order valence-electron chi connectivity index (χ0n) is 12.7. The van der Waals surface area contributed by atoms with Crippen molar-refractivity contribution < 1.29 is 9.32 Å². The largest absolute Gasteiger partial charge is 0.339 e. The van der Waals surface area contributed by atoms with Crippen molar-refractivity contribution in [3.63, 3.8) is 0 Å². The number of aromatic nitrogens is 2. The van der Waals surface area contributed by atoms with Gasteiger partial charge in [0, 0.05) is 29.2 Å². The lowest BCUT2D eigenvalue weighted by Crippen LogP contribution is -2.30. The molecule has 7 heteroatoms. The molecule has 1 heterocycles. The number of nitrogens with zero attached hydrogens (tertiary/aromatic N) is 2. The van der Waals surface area contributed by atoms with Gasteiger partial charge in [0.2, 0.25) is 11.7 Å². The predicted octanol–water partition coefficient (Wildman–Crippen LogP) is 3.75. The standard InChI is InChI=1S/C17H15ClN4O2/c18-13-6-8-14(9-7-13)20-17(23)19-11-10-15-21-16(22-24-15)12-4-2-1-3-5-12/h1-9H,10-11H2,(H2,19,20,23). The highest BCUT2D eigenvalue weighted by molar-refractivity contribution is 6.30. The van der Waals surface area contributed by atoms with E-state index in [4.69, 9.17) is 16.1 Å². The molecule has 0 fully saturated rings. The van der Waals surface area contributed by atoms with E-state index in [2.05, 4.69) is 20.8 Å². The molecule has 1 aromatic heterocycles. The summed E-state index contributed by atoms with van der Waals surface area (Å²) in [6, 6.07) is 16.1. The average molecular weight is 343 g/mol. The molecule has 3 aromatic rings. The maximum atomic E-state index is 11.8. The van der Waals surface area contributed by atoms with Crippen molar-refractivity contribution in [3.8, 4) is 11.4 Å². The van der Waals surface area contributed by atoms with Crippen LogP contribution in [0.2, 0.25) is 5.02 Å². The molecule has 6 nitrogen and oxygen atoms in total. The number of carbonyl (C=O) groups excluding carboxylic acids is 1. The first kappa shape index (κ1) is 16.0. The molecule has 0 bridgehead atoms. The Bertz CT molecular complexity index is 803. The van der Waals surface area contributed by atoms with Gasteiger partial charge in [0.15, 0.2) is 0 Å². The van der Waals surface area contributed by atoms with Crippen LogP contribution in [0.25, 0.3) is 11.4 Å². The number of urea groups is 1. The molecular weight excluding hydrogens is 328 g/mol. The third-order valence-corrected chi connectivity index (χ3v) is 3.48. The normalized spacial score (nSPS) is 10.4. The first-order valence-corrected chi connectivity index (χ1v) is 7.77. The molecule has 2 aromatic carbocycles. The Labute approximate surface area is 143 Å². The first-order chi connectivity index (χ1) is 11.7. The van der Waals surface area contributed by atoms with Crippen LogP contribution >= 0.6 is 11.6 Å². The molecule has 0 atom stereocenters. The third-order valence-electron chi connectivity index (χ3n) is 3.23. The maximum Gasteiger partial charge on any atom is 0.319 e. The number of rotatable bonds is 5. The second-order valence-electron chi connectivity index (χ2n) is 5.02. The van der Waals surface area contributed by atoms with Crippen molar-refractivity contribution in [1.29, 1.82) is 0 Å². The van der Waals surface area contributed by atoms with E-state index in [9.17, 15) is 4.79 Å². The molecule has 0 spiro atoms. The molecule has 24 heavy (non-hydrogen) atoms. The van der Waals surface area contributed by atoms with Gasteiger partial charge in [-0.25, -0.2) is 4.79 Å². The van der Waals surface area contributed by atoms with E-state index in [1.54, 1.807) is 24.3 Å². The molecule has 0 aliphatic heterocycles. The Morgan fingerprint density at radius 1 is 1.08 bits per heavy atom. The first-order valence-electron chi connectivity index (χ1n) is 7.39. The molecule has 0 unspecified atom stereocenters. The number of anilines is 1. The topological polar surface area (TPSA) is 80.1 Å². The highest BCUT2D eigenvalue weighted by Crippen LogP contribution is 2.15. The van der Waals surface area contributed by atoms with E-state index in [1.807, 2.05) is 30.3 Å². The van der Waals surface area contributed by atoms with Gasteiger partial charge in [0.25, 0.3) is 0 Å². The molecule has 3 rings (SSSR count). The zero-order valence-corrected chi connectivity index (χ0v) is 13.5. The Morgan fingerprint density at radius 2 is 1.83 bits per heavy atom. The van der Waals surface area contributed by atoms with Crippen LogP contribution in [0.4, 0.5) is 10.5 Å². The summed E-state index contributed by atoms with van der Waals surface area (Å²) >= 11 is 5.79. The van der Waals surface area contributed by atoms with E-state index < -0.39 is 0 Å². The molecule has 0 saturated carbocycles. The highest BCUT2D eigenvalue weighted by Gasteiger charge is 2.08. The highest BCUT2D eigenvalue weighted by atomic mass is 35.5. The SMILES string of the molecule is O=C(NCCc1nc(-c2ccccc2)no1)Nc1ccc(Cl)cc1. The number of benzene rings is 2. The summed E-state index contributed by atoms with van der Waals surface area (Å²) in [5, 5.41) is 9.99. The van der Waals surface area contributed by atoms with Crippen LogP contribution in [-0.2, 0) is 6.42 Å². The van der Waals surface area contributed by atoms with Crippen molar-refractivity contribution in [2.24, 2.45) is 0 Å². The quantitative estimate of drug-likeness (QED) is 0.740. The summed E-state index contributed by atoms with van der Waals surface area (Å²) in [5.74, 6) is 1.01.